The lowest BCUT2D eigenvalue weighted by Crippen LogP contribution is -2.23. The van der Waals surface area contributed by atoms with Crippen molar-refractivity contribution in [2.45, 2.75) is 70.8 Å². The molecule has 0 radical (unpaired) electrons. The van der Waals surface area contributed by atoms with Crippen LogP contribution in [-0.4, -0.2) is 16.0 Å². The molecule has 0 bridgehead atoms. The molecule has 17 heavy (non-hydrogen) atoms. The number of rotatable bonds is 10. The summed E-state index contributed by atoms with van der Waals surface area (Å²) in [5, 5.41) is 0. The van der Waals surface area contributed by atoms with Crippen LogP contribution >= 0.6 is 0 Å². The molecule has 1 unspecified atom stereocenters. The first kappa shape index (κ1) is 14.2. The second-order valence-electron chi connectivity index (χ2n) is 4.91. The molecule has 0 aromatic carbocycles. The normalized spacial score (nSPS) is 12.8. The molecule has 1 atom stereocenters. The fourth-order valence-corrected chi connectivity index (χ4v) is 2.12. The van der Waals surface area contributed by atoms with Crippen LogP contribution in [0.5, 0.6) is 0 Å². The largest absolute Gasteiger partial charge is 0.349 e. The van der Waals surface area contributed by atoms with Crippen molar-refractivity contribution in [2.75, 3.05) is 0 Å². The highest BCUT2D eigenvalue weighted by atomic mass is 14.9. The van der Waals surface area contributed by atoms with E-state index >= 15 is 0 Å². The molecule has 1 rings (SSSR count). The fraction of sp³-hybridized carbons (Fsp3) is 0.786. The van der Waals surface area contributed by atoms with Crippen LogP contribution in [0.15, 0.2) is 12.4 Å². The molecule has 0 aliphatic heterocycles. The Morgan fingerprint density at radius 1 is 1.18 bits per heavy atom. The number of unbranched alkanes of at least 4 members (excludes halogenated alkanes) is 6. The Bertz CT molecular complexity index is 256. The summed E-state index contributed by atoms with van der Waals surface area (Å²) >= 11 is 0. The van der Waals surface area contributed by atoms with Crippen LogP contribution in [-0.2, 0) is 6.42 Å². The zero-order valence-electron chi connectivity index (χ0n) is 11.1. The Morgan fingerprint density at radius 3 is 2.53 bits per heavy atom. The number of imidazole rings is 1. The molecule has 0 aliphatic carbocycles. The quantitative estimate of drug-likeness (QED) is 0.613. The van der Waals surface area contributed by atoms with Gasteiger partial charge in [0.05, 0.1) is 0 Å². The standard InChI is InChI=1S/C14H27N3/c1-2-3-4-5-6-7-8-9-13(15)12-14-16-10-11-17-14/h10-11,13H,2-9,12,15H2,1H3,(H,16,17). The number of aromatic nitrogens is 2. The number of nitrogens with two attached hydrogens (primary N) is 1. The van der Waals surface area contributed by atoms with Gasteiger partial charge in [-0.1, -0.05) is 51.9 Å². The van der Waals surface area contributed by atoms with Gasteiger partial charge in [0.15, 0.2) is 0 Å². The summed E-state index contributed by atoms with van der Waals surface area (Å²) in [6.45, 7) is 2.26. The second-order valence-corrected chi connectivity index (χ2v) is 4.91. The minimum absolute atomic E-state index is 0.261. The minimum Gasteiger partial charge on any atom is -0.349 e. The van der Waals surface area contributed by atoms with Gasteiger partial charge in [0.25, 0.3) is 0 Å². The highest BCUT2D eigenvalue weighted by Crippen LogP contribution is 2.10. The Balaban J connectivity index is 1.92. The highest BCUT2D eigenvalue weighted by Gasteiger charge is 2.05. The maximum atomic E-state index is 6.07. The van der Waals surface area contributed by atoms with Crippen molar-refractivity contribution in [3.8, 4) is 0 Å². The average Bonchev–Trinajstić information content (AvgIpc) is 2.80. The monoisotopic (exact) mass is 237 g/mol. The third-order valence-electron chi connectivity index (χ3n) is 3.19. The topological polar surface area (TPSA) is 54.7 Å². The number of aromatic amines is 1. The molecule has 0 spiro atoms. The van der Waals surface area contributed by atoms with E-state index < -0.39 is 0 Å². The van der Waals surface area contributed by atoms with Gasteiger partial charge in [-0.3, -0.25) is 0 Å². The molecular weight excluding hydrogens is 210 g/mol. The lowest BCUT2D eigenvalue weighted by molar-refractivity contribution is 0.523. The molecule has 0 amide bonds. The van der Waals surface area contributed by atoms with E-state index in [0.29, 0.717) is 0 Å². The molecule has 0 saturated carbocycles. The van der Waals surface area contributed by atoms with Gasteiger partial charge in [0.2, 0.25) is 0 Å². The van der Waals surface area contributed by atoms with Crippen molar-refractivity contribution in [3.05, 3.63) is 18.2 Å². The van der Waals surface area contributed by atoms with Crippen LogP contribution in [0.25, 0.3) is 0 Å². The van der Waals surface area contributed by atoms with E-state index in [4.69, 9.17) is 5.73 Å². The summed E-state index contributed by atoms with van der Waals surface area (Å²) in [4.78, 5) is 7.30. The summed E-state index contributed by atoms with van der Waals surface area (Å²) < 4.78 is 0. The second kappa shape index (κ2) is 9.23. The Labute approximate surface area is 105 Å². The van der Waals surface area contributed by atoms with E-state index in [-0.39, 0.29) is 6.04 Å². The van der Waals surface area contributed by atoms with Crippen molar-refractivity contribution in [2.24, 2.45) is 5.73 Å². The Hall–Kier alpha value is -0.830. The third kappa shape index (κ3) is 7.16. The molecule has 3 heteroatoms. The van der Waals surface area contributed by atoms with Crippen molar-refractivity contribution >= 4 is 0 Å². The molecule has 1 heterocycles. The van der Waals surface area contributed by atoms with Gasteiger partial charge in [-0.2, -0.15) is 0 Å². The van der Waals surface area contributed by atoms with Crippen LogP contribution in [0, 0.1) is 0 Å². The van der Waals surface area contributed by atoms with E-state index in [1.165, 1.54) is 44.9 Å². The number of hydrogen-bond donors (Lipinski definition) is 2. The smallest absolute Gasteiger partial charge is 0.107 e. The number of hydrogen-bond acceptors (Lipinski definition) is 2. The van der Waals surface area contributed by atoms with Crippen molar-refractivity contribution in [1.29, 1.82) is 0 Å². The van der Waals surface area contributed by atoms with Gasteiger partial charge in [-0.25, -0.2) is 4.98 Å². The van der Waals surface area contributed by atoms with Gasteiger partial charge in [0, 0.05) is 24.9 Å². The summed E-state index contributed by atoms with van der Waals surface area (Å²) in [6.07, 6.45) is 15.1. The van der Waals surface area contributed by atoms with E-state index in [9.17, 15) is 0 Å². The van der Waals surface area contributed by atoms with Gasteiger partial charge in [0.1, 0.15) is 5.82 Å². The van der Waals surface area contributed by atoms with E-state index in [1.807, 2.05) is 6.20 Å². The zero-order chi connectivity index (χ0) is 12.3. The first-order valence-electron chi connectivity index (χ1n) is 7.06. The van der Waals surface area contributed by atoms with E-state index in [2.05, 4.69) is 16.9 Å². The van der Waals surface area contributed by atoms with Gasteiger partial charge < -0.3 is 10.7 Å². The zero-order valence-corrected chi connectivity index (χ0v) is 11.1. The van der Waals surface area contributed by atoms with Gasteiger partial charge in [-0.05, 0) is 6.42 Å². The van der Waals surface area contributed by atoms with Crippen LogP contribution < -0.4 is 5.73 Å². The van der Waals surface area contributed by atoms with Crippen LogP contribution in [0.4, 0.5) is 0 Å². The maximum absolute atomic E-state index is 6.07. The molecule has 0 saturated heterocycles. The first-order chi connectivity index (χ1) is 8.33. The average molecular weight is 237 g/mol. The lowest BCUT2D eigenvalue weighted by atomic mass is 10.0. The van der Waals surface area contributed by atoms with Crippen molar-refractivity contribution in [3.63, 3.8) is 0 Å². The summed E-state index contributed by atoms with van der Waals surface area (Å²) in [5.74, 6) is 1.01. The SMILES string of the molecule is CCCCCCCCCC(N)Cc1ncc[nH]1. The Morgan fingerprint density at radius 2 is 1.88 bits per heavy atom. The van der Waals surface area contributed by atoms with Crippen LogP contribution in [0.2, 0.25) is 0 Å². The third-order valence-corrected chi connectivity index (χ3v) is 3.19. The number of H-pyrrole nitrogens is 1. The summed E-state index contributed by atoms with van der Waals surface area (Å²) in [5.41, 5.74) is 6.07. The predicted molar refractivity (Wildman–Crippen MR) is 72.9 cm³/mol. The molecule has 3 N–H and O–H groups in total. The van der Waals surface area contributed by atoms with E-state index in [0.717, 1.165) is 18.7 Å². The number of nitrogens with zero attached hydrogens (tertiary/aromatic N) is 1. The van der Waals surface area contributed by atoms with Crippen molar-refractivity contribution in [1.82, 2.24) is 9.97 Å². The molecule has 0 aliphatic rings. The maximum Gasteiger partial charge on any atom is 0.107 e. The Kier molecular flexibility index (Phi) is 7.72. The van der Waals surface area contributed by atoms with Crippen LogP contribution in [0.3, 0.4) is 0 Å². The minimum atomic E-state index is 0.261. The molecule has 1 aromatic heterocycles. The molecular formula is C14H27N3. The molecule has 1 aromatic rings. The van der Waals surface area contributed by atoms with Gasteiger partial charge >= 0.3 is 0 Å². The van der Waals surface area contributed by atoms with E-state index in [1.54, 1.807) is 6.20 Å². The van der Waals surface area contributed by atoms with Crippen LogP contribution in [0.1, 0.15) is 64.1 Å². The number of nitrogens with one attached hydrogen (secondary N) is 1. The first-order valence-corrected chi connectivity index (χ1v) is 7.06. The fourth-order valence-electron chi connectivity index (χ4n) is 2.12. The summed E-state index contributed by atoms with van der Waals surface area (Å²) in [7, 11) is 0. The summed E-state index contributed by atoms with van der Waals surface area (Å²) in [6, 6.07) is 0.261. The predicted octanol–water partition coefficient (Wildman–Crippen LogP) is 3.42. The molecule has 0 fully saturated rings. The highest BCUT2D eigenvalue weighted by molar-refractivity contribution is 4.90. The van der Waals surface area contributed by atoms with Gasteiger partial charge in [-0.15, -0.1) is 0 Å². The molecule has 3 nitrogen and oxygen atoms in total. The van der Waals surface area contributed by atoms with Crippen molar-refractivity contribution < 1.29 is 0 Å². The lowest BCUT2D eigenvalue weighted by Gasteiger charge is -2.09. The molecule has 98 valence electrons.